The minimum Gasteiger partial charge on any atom is -0.481 e. The van der Waals surface area contributed by atoms with Crippen LogP contribution in [-0.4, -0.2) is 46.7 Å². The van der Waals surface area contributed by atoms with E-state index in [1.165, 1.54) is 10.9 Å². The molecule has 0 saturated carbocycles. The molecule has 1 aliphatic rings. The van der Waals surface area contributed by atoms with Crippen molar-refractivity contribution in [2.45, 2.75) is 38.9 Å². The van der Waals surface area contributed by atoms with E-state index in [1.54, 1.807) is 13.3 Å². The van der Waals surface area contributed by atoms with Crippen LogP contribution in [0.5, 0.6) is 5.88 Å². The fraction of sp³-hybridized carbons (Fsp3) is 0.286. The van der Waals surface area contributed by atoms with Gasteiger partial charge in [-0.25, -0.2) is 4.98 Å². The van der Waals surface area contributed by atoms with E-state index in [1.807, 2.05) is 36.4 Å². The molecule has 4 heterocycles. The SMILES string of the molecule is CCNCc1cn(C)c2cc(-c3nccc(-c4cccc(-c5ccc(CNC[C@@H]6CCC(=O)N6)c(OC)n5)c4Cl)c3Cl)ccc12. The second-order valence-corrected chi connectivity index (χ2v) is 12.0. The number of carbonyl (C=O) groups is 1. The Hall–Kier alpha value is -3.95. The molecule has 10 heteroatoms. The first kappa shape index (κ1) is 31.0. The maximum Gasteiger partial charge on any atom is 0.220 e. The lowest BCUT2D eigenvalue weighted by molar-refractivity contribution is -0.119. The van der Waals surface area contributed by atoms with Gasteiger partial charge >= 0.3 is 0 Å². The van der Waals surface area contributed by atoms with E-state index in [4.69, 9.17) is 32.9 Å². The number of ether oxygens (including phenoxy) is 1. The van der Waals surface area contributed by atoms with Gasteiger partial charge in [0, 0.05) is 90.3 Å². The molecule has 8 nitrogen and oxygen atoms in total. The normalized spacial score (nSPS) is 14.7. The van der Waals surface area contributed by atoms with Crippen LogP contribution in [0.25, 0.3) is 44.5 Å². The number of halogens is 2. The van der Waals surface area contributed by atoms with E-state index >= 15 is 0 Å². The van der Waals surface area contributed by atoms with Gasteiger partial charge in [0.2, 0.25) is 11.8 Å². The van der Waals surface area contributed by atoms with E-state index in [0.717, 1.165) is 52.8 Å². The second-order valence-electron chi connectivity index (χ2n) is 11.3. The Morgan fingerprint density at radius 3 is 2.58 bits per heavy atom. The molecule has 2 aromatic carbocycles. The quantitative estimate of drug-likeness (QED) is 0.147. The average Bonchev–Trinajstić information content (AvgIpc) is 3.61. The van der Waals surface area contributed by atoms with Gasteiger partial charge in [-0.15, -0.1) is 0 Å². The molecule has 1 fully saturated rings. The summed E-state index contributed by atoms with van der Waals surface area (Å²) in [6.45, 7) is 5.10. The molecule has 1 aliphatic heterocycles. The molecule has 0 unspecified atom stereocenters. The highest BCUT2D eigenvalue weighted by Crippen LogP contribution is 2.42. The second kappa shape index (κ2) is 13.6. The van der Waals surface area contributed by atoms with Crippen molar-refractivity contribution in [1.82, 2.24) is 30.5 Å². The summed E-state index contributed by atoms with van der Waals surface area (Å²) in [7, 11) is 3.67. The molecule has 3 N–H and O–H groups in total. The van der Waals surface area contributed by atoms with Crippen LogP contribution in [0, 0.1) is 0 Å². The van der Waals surface area contributed by atoms with Crippen molar-refractivity contribution >= 4 is 40.0 Å². The van der Waals surface area contributed by atoms with Crippen molar-refractivity contribution in [2.75, 3.05) is 20.2 Å². The number of fused-ring (bicyclic) bond motifs is 1. The third-order valence-electron chi connectivity index (χ3n) is 8.29. The Kier molecular flexibility index (Phi) is 9.37. The molecule has 0 bridgehead atoms. The third-order valence-corrected chi connectivity index (χ3v) is 9.08. The van der Waals surface area contributed by atoms with Gasteiger partial charge < -0.3 is 25.3 Å². The minimum atomic E-state index is 0.108. The van der Waals surface area contributed by atoms with Crippen LogP contribution in [0.4, 0.5) is 0 Å². The van der Waals surface area contributed by atoms with Crippen LogP contribution in [0.2, 0.25) is 10.0 Å². The summed E-state index contributed by atoms with van der Waals surface area (Å²) in [5, 5.41) is 12.1. The van der Waals surface area contributed by atoms with E-state index in [-0.39, 0.29) is 11.9 Å². The predicted molar refractivity (Wildman–Crippen MR) is 182 cm³/mol. The lowest BCUT2D eigenvalue weighted by Crippen LogP contribution is -2.35. The number of amides is 1. The fourth-order valence-electron chi connectivity index (χ4n) is 5.95. The number of pyridine rings is 2. The average molecular weight is 644 g/mol. The summed E-state index contributed by atoms with van der Waals surface area (Å²) < 4.78 is 7.79. The van der Waals surface area contributed by atoms with Gasteiger partial charge in [0.1, 0.15) is 0 Å². The van der Waals surface area contributed by atoms with Crippen molar-refractivity contribution in [3.05, 3.63) is 88.2 Å². The molecule has 232 valence electrons. The standard InChI is InChI=1S/C35H36Cl2N6O2/c1-4-38-18-23-20-43(2)30-16-21(8-11-25(23)30)34-33(37)27(14-15-40-34)26-6-5-7-28(32(26)36)29-12-9-22(35(42-29)45-3)17-39-19-24-10-13-31(44)41-24/h5-9,11-12,14-16,20,24,38-39H,4,10,13,17-19H2,1-3H3,(H,41,44)/t24-/m0/s1. The summed E-state index contributed by atoms with van der Waals surface area (Å²) in [4.78, 5) is 21.0. The lowest BCUT2D eigenvalue weighted by Gasteiger charge is -2.15. The Labute approximate surface area is 273 Å². The topological polar surface area (TPSA) is 93.1 Å². The van der Waals surface area contributed by atoms with E-state index in [2.05, 4.69) is 63.9 Å². The van der Waals surface area contributed by atoms with Crippen molar-refractivity contribution in [3.8, 4) is 39.5 Å². The first-order chi connectivity index (χ1) is 21.9. The molecule has 1 atom stereocenters. The number of rotatable bonds is 11. The van der Waals surface area contributed by atoms with Crippen LogP contribution in [0.1, 0.15) is 30.9 Å². The van der Waals surface area contributed by atoms with E-state index in [0.29, 0.717) is 46.8 Å². The van der Waals surface area contributed by atoms with Gasteiger partial charge in [-0.3, -0.25) is 9.78 Å². The van der Waals surface area contributed by atoms with Crippen molar-refractivity contribution in [2.24, 2.45) is 7.05 Å². The number of hydrogen-bond donors (Lipinski definition) is 3. The van der Waals surface area contributed by atoms with Crippen molar-refractivity contribution in [3.63, 3.8) is 0 Å². The zero-order valence-electron chi connectivity index (χ0n) is 25.6. The number of nitrogens with zero attached hydrogens (tertiary/aromatic N) is 3. The number of nitrogens with one attached hydrogen (secondary N) is 3. The van der Waals surface area contributed by atoms with Crippen LogP contribution in [0.3, 0.4) is 0 Å². The molecule has 45 heavy (non-hydrogen) atoms. The Morgan fingerprint density at radius 2 is 1.80 bits per heavy atom. The van der Waals surface area contributed by atoms with Crippen LogP contribution < -0.4 is 20.7 Å². The number of aromatic nitrogens is 3. The molecule has 6 rings (SSSR count). The van der Waals surface area contributed by atoms with Gasteiger partial charge in [0.05, 0.1) is 28.5 Å². The van der Waals surface area contributed by atoms with Crippen LogP contribution in [-0.2, 0) is 24.9 Å². The Balaban J connectivity index is 1.28. The van der Waals surface area contributed by atoms with Crippen molar-refractivity contribution < 1.29 is 9.53 Å². The number of methoxy groups -OCH3 is 1. The summed E-state index contributed by atoms with van der Waals surface area (Å²) >= 11 is 14.2. The lowest BCUT2D eigenvalue weighted by atomic mass is 9.99. The van der Waals surface area contributed by atoms with E-state index < -0.39 is 0 Å². The number of benzene rings is 2. The van der Waals surface area contributed by atoms with Gasteiger partial charge in [-0.05, 0) is 36.7 Å². The predicted octanol–water partition coefficient (Wildman–Crippen LogP) is 6.76. The molecule has 0 radical (unpaired) electrons. The highest BCUT2D eigenvalue weighted by molar-refractivity contribution is 6.39. The summed E-state index contributed by atoms with van der Waals surface area (Å²) in [6.07, 6.45) is 5.36. The molecule has 1 amide bonds. The highest BCUT2D eigenvalue weighted by atomic mass is 35.5. The third kappa shape index (κ3) is 6.42. The van der Waals surface area contributed by atoms with Crippen LogP contribution in [0.15, 0.2) is 67.0 Å². The number of aryl methyl sites for hydroxylation is 1. The molecule has 3 aromatic heterocycles. The van der Waals surface area contributed by atoms with Gasteiger partial charge in [-0.2, -0.15) is 0 Å². The molecule has 0 aliphatic carbocycles. The molecule has 5 aromatic rings. The zero-order chi connectivity index (χ0) is 31.5. The zero-order valence-corrected chi connectivity index (χ0v) is 27.1. The fourth-order valence-corrected chi connectivity index (χ4v) is 6.60. The molecular formula is C35H36Cl2N6O2. The molecule has 0 spiro atoms. The summed E-state index contributed by atoms with van der Waals surface area (Å²) in [5.41, 5.74) is 7.97. The Bertz CT molecular complexity index is 1870. The first-order valence-electron chi connectivity index (χ1n) is 15.1. The van der Waals surface area contributed by atoms with E-state index in [9.17, 15) is 4.79 Å². The maximum atomic E-state index is 11.5. The van der Waals surface area contributed by atoms with Gasteiger partial charge in [-0.1, -0.05) is 66.5 Å². The number of carbonyl (C=O) groups excluding carboxylic acids is 1. The summed E-state index contributed by atoms with van der Waals surface area (Å²) in [6, 6.07) is 18.2. The minimum absolute atomic E-state index is 0.108. The first-order valence-corrected chi connectivity index (χ1v) is 15.9. The monoisotopic (exact) mass is 642 g/mol. The smallest absolute Gasteiger partial charge is 0.220 e. The van der Waals surface area contributed by atoms with Crippen LogP contribution >= 0.6 is 23.2 Å². The van der Waals surface area contributed by atoms with Gasteiger partial charge in [0.15, 0.2) is 0 Å². The molecular weight excluding hydrogens is 607 g/mol. The number of hydrogen-bond acceptors (Lipinski definition) is 6. The maximum absolute atomic E-state index is 11.5. The molecule has 1 saturated heterocycles. The van der Waals surface area contributed by atoms with Gasteiger partial charge in [0.25, 0.3) is 0 Å². The summed E-state index contributed by atoms with van der Waals surface area (Å²) in [5.74, 6) is 0.627. The van der Waals surface area contributed by atoms with Crippen molar-refractivity contribution in [1.29, 1.82) is 0 Å². The largest absolute Gasteiger partial charge is 0.481 e. The Morgan fingerprint density at radius 1 is 1.00 bits per heavy atom. The highest BCUT2D eigenvalue weighted by Gasteiger charge is 2.21.